The van der Waals surface area contributed by atoms with Gasteiger partial charge in [0.15, 0.2) is 0 Å². The highest BCUT2D eigenvalue weighted by Gasteiger charge is 2.20. The van der Waals surface area contributed by atoms with Crippen molar-refractivity contribution in [3.8, 4) is 5.75 Å². The Bertz CT molecular complexity index is 1100. The number of anilines is 1. The molecule has 28 heavy (non-hydrogen) atoms. The van der Waals surface area contributed by atoms with Crippen LogP contribution in [0.4, 0.5) is 5.82 Å². The van der Waals surface area contributed by atoms with Crippen LogP contribution in [0.2, 0.25) is 0 Å². The van der Waals surface area contributed by atoms with Crippen LogP contribution in [-0.2, 0) is 0 Å². The van der Waals surface area contributed by atoms with Crippen molar-refractivity contribution in [2.45, 2.75) is 17.9 Å². The van der Waals surface area contributed by atoms with Crippen molar-refractivity contribution in [3.63, 3.8) is 0 Å². The van der Waals surface area contributed by atoms with Crippen LogP contribution in [0.15, 0.2) is 77.8 Å². The Morgan fingerprint density at radius 2 is 1.75 bits per heavy atom. The molecule has 2 N–H and O–H groups in total. The third-order valence-electron chi connectivity index (χ3n) is 4.72. The summed E-state index contributed by atoms with van der Waals surface area (Å²) in [6, 6.07) is 21.7. The van der Waals surface area contributed by atoms with Crippen LogP contribution < -0.4 is 5.32 Å². The summed E-state index contributed by atoms with van der Waals surface area (Å²) >= 11 is 1.70. The monoisotopic (exact) mass is 387 g/mol. The van der Waals surface area contributed by atoms with Crippen molar-refractivity contribution < 1.29 is 5.11 Å². The minimum atomic E-state index is -0.252. The molecule has 0 aliphatic rings. The quantitative estimate of drug-likeness (QED) is 0.439. The first-order chi connectivity index (χ1) is 13.7. The van der Waals surface area contributed by atoms with Crippen molar-refractivity contribution in [1.82, 2.24) is 9.97 Å². The predicted octanol–water partition coefficient (Wildman–Crippen LogP) is 5.57. The molecular formula is C23H21N3OS. The van der Waals surface area contributed by atoms with Crippen molar-refractivity contribution in [3.05, 3.63) is 89.7 Å². The molecule has 4 rings (SSSR count). The number of phenols is 1. The molecule has 0 spiro atoms. The third-order valence-corrected chi connectivity index (χ3v) is 5.47. The summed E-state index contributed by atoms with van der Waals surface area (Å²) < 4.78 is 0. The summed E-state index contributed by atoms with van der Waals surface area (Å²) in [5.41, 5.74) is 3.31. The zero-order chi connectivity index (χ0) is 19.5. The summed E-state index contributed by atoms with van der Waals surface area (Å²) in [6.07, 6.45) is 3.81. The number of hydrogen-bond donors (Lipinski definition) is 2. The fraction of sp³-hybridized carbons (Fsp3) is 0.130. The van der Waals surface area contributed by atoms with Crippen LogP contribution in [-0.4, -0.2) is 21.3 Å². The first kappa shape index (κ1) is 18.3. The molecule has 1 atom stereocenters. The molecule has 0 saturated heterocycles. The highest BCUT2D eigenvalue weighted by molar-refractivity contribution is 7.98. The van der Waals surface area contributed by atoms with Gasteiger partial charge in [0.05, 0.1) is 6.04 Å². The van der Waals surface area contributed by atoms with E-state index < -0.39 is 0 Å². The Balaban J connectivity index is 1.84. The number of rotatable bonds is 5. The average molecular weight is 388 g/mol. The zero-order valence-corrected chi connectivity index (χ0v) is 16.6. The number of aromatic hydroxyl groups is 1. The SMILES string of the molecule is CSc1ccc([C@@H](Nc2ccccn2)c2ccc3ccc(C)nc3c2O)cc1. The van der Waals surface area contributed by atoms with E-state index in [9.17, 15) is 5.11 Å². The van der Waals surface area contributed by atoms with Crippen molar-refractivity contribution >= 4 is 28.5 Å². The lowest BCUT2D eigenvalue weighted by Gasteiger charge is -2.22. The molecule has 0 amide bonds. The Labute approximate surface area is 168 Å². The van der Waals surface area contributed by atoms with Crippen molar-refractivity contribution in [2.24, 2.45) is 0 Å². The van der Waals surface area contributed by atoms with Crippen LogP contribution in [0.1, 0.15) is 22.9 Å². The van der Waals surface area contributed by atoms with Gasteiger partial charge in [-0.15, -0.1) is 11.8 Å². The molecule has 0 aliphatic carbocycles. The van der Waals surface area contributed by atoms with E-state index in [1.54, 1.807) is 18.0 Å². The van der Waals surface area contributed by atoms with E-state index in [1.807, 2.05) is 49.4 Å². The van der Waals surface area contributed by atoms with Crippen LogP contribution in [0.5, 0.6) is 5.75 Å². The van der Waals surface area contributed by atoms with E-state index in [1.165, 1.54) is 4.90 Å². The molecule has 0 bridgehead atoms. The summed E-state index contributed by atoms with van der Waals surface area (Å²) in [7, 11) is 0. The predicted molar refractivity (Wildman–Crippen MR) is 116 cm³/mol. The maximum absolute atomic E-state index is 11.1. The van der Waals surface area contributed by atoms with E-state index in [0.717, 1.165) is 28.0 Å². The molecule has 0 unspecified atom stereocenters. The average Bonchev–Trinajstić information content (AvgIpc) is 2.74. The standard InChI is InChI=1S/C23H21N3OS/c1-15-6-7-17-10-13-19(23(27)22(17)25-15)21(26-20-5-3-4-14-24-20)16-8-11-18(28-2)12-9-16/h3-14,21,27H,1-2H3,(H,24,26)/t21-/m1/s1. The van der Waals surface area contributed by atoms with Crippen LogP contribution in [0.25, 0.3) is 10.9 Å². The lowest BCUT2D eigenvalue weighted by Crippen LogP contribution is -2.13. The number of aryl methyl sites for hydroxylation is 1. The highest BCUT2D eigenvalue weighted by Crippen LogP contribution is 2.36. The van der Waals surface area contributed by atoms with E-state index in [4.69, 9.17) is 0 Å². The van der Waals surface area contributed by atoms with Gasteiger partial charge >= 0.3 is 0 Å². The molecule has 0 fully saturated rings. The van der Waals surface area contributed by atoms with E-state index in [2.05, 4.69) is 45.8 Å². The number of phenolic OH excluding ortho intramolecular Hbond substituents is 1. The van der Waals surface area contributed by atoms with E-state index in [-0.39, 0.29) is 11.8 Å². The van der Waals surface area contributed by atoms with E-state index >= 15 is 0 Å². The second-order valence-corrected chi connectivity index (χ2v) is 7.47. The molecule has 5 heteroatoms. The first-order valence-electron chi connectivity index (χ1n) is 9.06. The molecule has 0 radical (unpaired) electrons. The van der Waals surface area contributed by atoms with Gasteiger partial charge in [0.25, 0.3) is 0 Å². The topological polar surface area (TPSA) is 58.0 Å². The Kier molecular flexibility index (Phi) is 5.17. The molecule has 2 aromatic carbocycles. The lowest BCUT2D eigenvalue weighted by atomic mass is 9.96. The van der Waals surface area contributed by atoms with Crippen LogP contribution in [0.3, 0.4) is 0 Å². The number of thioether (sulfide) groups is 1. The number of hydrogen-bond acceptors (Lipinski definition) is 5. The van der Waals surface area contributed by atoms with Gasteiger partial charge in [-0.2, -0.15) is 0 Å². The molecule has 2 aromatic heterocycles. The highest BCUT2D eigenvalue weighted by atomic mass is 32.2. The van der Waals surface area contributed by atoms with Gasteiger partial charge in [-0.3, -0.25) is 0 Å². The Morgan fingerprint density at radius 3 is 2.46 bits per heavy atom. The lowest BCUT2D eigenvalue weighted by molar-refractivity contribution is 0.471. The van der Waals surface area contributed by atoms with Gasteiger partial charge in [0.2, 0.25) is 0 Å². The van der Waals surface area contributed by atoms with Crippen LogP contribution >= 0.6 is 11.8 Å². The van der Waals surface area contributed by atoms with Gasteiger partial charge < -0.3 is 10.4 Å². The first-order valence-corrected chi connectivity index (χ1v) is 10.3. The molecule has 0 saturated carbocycles. The molecule has 0 aliphatic heterocycles. The Morgan fingerprint density at radius 1 is 0.964 bits per heavy atom. The van der Waals surface area contributed by atoms with Gasteiger partial charge in [-0.05, 0) is 49.1 Å². The second-order valence-electron chi connectivity index (χ2n) is 6.59. The smallest absolute Gasteiger partial charge is 0.147 e. The van der Waals surface area contributed by atoms with Gasteiger partial charge in [-0.25, -0.2) is 9.97 Å². The minimum absolute atomic E-state index is 0.198. The van der Waals surface area contributed by atoms with Crippen molar-refractivity contribution in [1.29, 1.82) is 0 Å². The van der Waals surface area contributed by atoms with Gasteiger partial charge in [0, 0.05) is 27.7 Å². The summed E-state index contributed by atoms with van der Waals surface area (Å²) in [5, 5.41) is 15.4. The summed E-state index contributed by atoms with van der Waals surface area (Å²) in [5.74, 6) is 0.946. The van der Waals surface area contributed by atoms with E-state index in [0.29, 0.717) is 5.52 Å². The minimum Gasteiger partial charge on any atom is -0.505 e. The number of aromatic nitrogens is 2. The molecule has 4 aromatic rings. The second kappa shape index (κ2) is 7.90. The number of benzene rings is 2. The maximum atomic E-state index is 11.1. The zero-order valence-electron chi connectivity index (χ0n) is 15.8. The largest absolute Gasteiger partial charge is 0.505 e. The number of nitrogens with zero attached hydrogens (tertiary/aromatic N) is 2. The van der Waals surface area contributed by atoms with Crippen molar-refractivity contribution in [2.75, 3.05) is 11.6 Å². The third kappa shape index (κ3) is 3.66. The summed E-state index contributed by atoms with van der Waals surface area (Å²) in [6.45, 7) is 1.93. The fourth-order valence-electron chi connectivity index (χ4n) is 3.25. The van der Waals surface area contributed by atoms with Gasteiger partial charge in [-0.1, -0.05) is 36.4 Å². The molecule has 2 heterocycles. The molecule has 140 valence electrons. The van der Waals surface area contributed by atoms with Gasteiger partial charge in [0.1, 0.15) is 17.1 Å². The maximum Gasteiger partial charge on any atom is 0.147 e. The normalized spacial score (nSPS) is 12.1. The molecular weight excluding hydrogens is 366 g/mol. The molecule has 4 nitrogen and oxygen atoms in total. The number of fused-ring (bicyclic) bond motifs is 1. The van der Waals surface area contributed by atoms with Crippen LogP contribution in [0, 0.1) is 6.92 Å². The number of pyridine rings is 2. The fourth-order valence-corrected chi connectivity index (χ4v) is 3.66. The summed E-state index contributed by atoms with van der Waals surface area (Å²) in [4.78, 5) is 10.1. The number of nitrogens with one attached hydrogen (secondary N) is 1. The Hall–Kier alpha value is -3.05.